The molecule has 3 aromatic heterocycles. The van der Waals surface area contributed by atoms with E-state index in [9.17, 15) is 27.9 Å². The molecule has 0 unspecified atom stereocenters. The van der Waals surface area contributed by atoms with E-state index in [0.29, 0.717) is 5.75 Å². The Morgan fingerprint density at radius 2 is 2.11 bits per heavy atom. The second-order valence-electron chi connectivity index (χ2n) is 8.47. The molecule has 3 aromatic rings. The number of carbonyl (C=O) groups is 1. The summed E-state index contributed by atoms with van der Waals surface area (Å²) >= 11 is 0. The fourth-order valence-electron chi connectivity index (χ4n) is 3.95. The molecule has 4 rings (SSSR count). The van der Waals surface area contributed by atoms with Crippen LogP contribution in [0.5, 0.6) is 11.6 Å². The number of halogens is 3. The Bertz CT molecular complexity index is 1270. The van der Waals surface area contributed by atoms with Crippen molar-refractivity contribution in [1.29, 1.82) is 0 Å². The Morgan fingerprint density at radius 3 is 2.78 bits per heavy atom. The molecule has 1 saturated heterocycles. The smallest absolute Gasteiger partial charge is 0.257 e. The van der Waals surface area contributed by atoms with Crippen molar-refractivity contribution in [2.75, 3.05) is 18.4 Å². The maximum Gasteiger partial charge on any atom is 0.257 e. The zero-order valence-electron chi connectivity index (χ0n) is 19.2. The van der Waals surface area contributed by atoms with Crippen molar-refractivity contribution in [2.24, 2.45) is 0 Å². The van der Waals surface area contributed by atoms with Crippen LogP contribution in [0.4, 0.5) is 19.0 Å². The molecule has 0 aromatic carbocycles. The van der Waals surface area contributed by atoms with Gasteiger partial charge in [0.1, 0.15) is 17.4 Å². The summed E-state index contributed by atoms with van der Waals surface area (Å²) < 4.78 is 47.9. The largest absolute Gasteiger partial charge is 0.437 e. The van der Waals surface area contributed by atoms with E-state index in [1.807, 2.05) is 0 Å². The zero-order valence-corrected chi connectivity index (χ0v) is 19.2. The predicted octanol–water partition coefficient (Wildman–Crippen LogP) is 3.04. The van der Waals surface area contributed by atoms with E-state index >= 15 is 0 Å². The summed E-state index contributed by atoms with van der Waals surface area (Å²) in [5, 5.41) is 12.0. The van der Waals surface area contributed by atoms with Gasteiger partial charge in [-0.15, -0.1) is 0 Å². The van der Waals surface area contributed by atoms with Gasteiger partial charge in [-0.05, 0) is 36.8 Å². The normalized spacial score (nSPS) is 18.4. The minimum absolute atomic E-state index is 0.0000693. The van der Waals surface area contributed by atoms with Crippen molar-refractivity contribution in [1.82, 2.24) is 19.9 Å². The van der Waals surface area contributed by atoms with Crippen molar-refractivity contribution < 1.29 is 27.8 Å². The third-order valence-electron chi connectivity index (χ3n) is 6.07. The summed E-state index contributed by atoms with van der Waals surface area (Å²) in [6.07, 6.45) is 3.13. The van der Waals surface area contributed by atoms with Crippen LogP contribution in [0.2, 0.25) is 0 Å². The van der Waals surface area contributed by atoms with E-state index in [0.717, 1.165) is 6.20 Å². The average Bonchev–Trinajstić information content (AvgIpc) is 2.86. The zero-order chi connectivity index (χ0) is 25.9. The van der Waals surface area contributed by atoms with Gasteiger partial charge in [0.15, 0.2) is 0 Å². The van der Waals surface area contributed by atoms with Crippen LogP contribution in [-0.2, 0) is 11.4 Å². The van der Waals surface area contributed by atoms with Gasteiger partial charge < -0.3 is 20.1 Å². The maximum absolute atomic E-state index is 14.8. The summed E-state index contributed by atoms with van der Waals surface area (Å²) in [5.74, 6) is -4.51. The fourth-order valence-corrected chi connectivity index (χ4v) is 3.95. The average molecular weight is 503 g/mol. The number of aliphatic hydroxyl groups excluding tert-OH is 1. The van der Waals surface area contributed by atoms with Gasteiger partial charge in [-0.25, -0.2) is 23.1 Å². The number of piperidine rings is 1. The van der Waals surface area contributed by atoms with Crippen LogP contribution in [0, 0.1) is 5.82 Å². The molecule has 190 valence electrons. The van der Waals surface area contributed by atoms with Gasteiger partial charge in [-0.2, -0.15) is 0 Å². The van der Waals surface area contributed by atoms with E-state index in [1.165, 1.54) is 36.7 Å². The lowest BCUT2D eigenvalue weighted by Crippen LogP contribution is -2.52. The number of aromatic amines is 1. The monoisotopic (exact) mass is 503 g/mol. The lowest BCUT2D eigenvalue weighted by molar-refractivity contribution is -0.125. The molecule has 9 nitrogen and oxygen atoms in total. The van der Waals surface area contributed by atoms with Crippen molar-refractivity contribution >= 4 is 11.7 Å². The number of aliphatic hydroxyl groups is 1. The molecule has 0 bridgehead atoms. The molecule has 0 aliphatic carbocycles. The van der Waals surface area contributed by atoms with Crippen LogP contribution in [0.25, 0.3) is 0 Å². The number of pyridine rings is 3. The second kappa shape index (κ2) is 10.5. The van der Waals surface area contributed by atoms with Crippen molar-refractivity contribution in [3.63, 3.8) is 0 Å². The number of ether oxygens (including phenoxy) is 1. The van der Waals surface area contributed by atoms with Crippen LogP contribution >= 0.6 is 0 Å². The number of nitrogens with zero attached hydrogens (tertiary/aromatic N) is 3. The Labute approximate surface area is 204 Å². The SMILES string of the molecule is C[C@@H](C(=O)Nc1ccc(Oc2ccc(F)cn2)cn1)N1CCC(F)(F)[C@@H](c2c[nH]c(=O)c(CO)c2)C1. The minimum Gasteiger partial charge on any atom is -0.437 e. The first-order valence-corrected chi connectivity index (χ1v) is 11.2. The number of aromatic nitrogens is 3. The first-order chi connectivity index (χ1) is 17.2. The van der Waals surface area contributed by atoms with Gasteiger partial charge in [0, 0.05) is 37.3 Å². The second-order valence-corrected chi connectivity index (χ2v) is 8.47. The Hall–Kier alpha value is -3.77. The van der Waals surface area contributed by atoms with Crippen LogP contribution in [0.3, 0.4) is 0 Å². The molecular weight excluding hydrogens is 479 g/mol. The lowest BCUT2D eigenvalue weighted by Gasteiger charge is -2.40. The van der Waals surface area contributed by atoms with Crippen molar-refractivity contribution in [2.45, 2.75) is 37.8 Å². The highest BCUT2D eigenvalue weighted by atomic mass is 19.3. The molecule has 1 aliphatic rings. The van der Waals surface area contributed by atoms with Gasteiger partial charge in [0.25, 0.3) is 11.5 Å². The van der Waals surface area contributed by atoms with Crippen LogP contribution in [0.15, 0.2) is 53.7 Å². The molecule has 36 heavy (non-hydrogen) atoms. The van der Waals surface area contributed by atoms with Crippen molar-refractivity contribution in [3.8, 4) is 11.6 Å². The van der Waals surface area contributed by atoms with Crippen LogP contribution in [-0.4, -0.2) is 55.9 Å². The highest BCUT2D eigenvalue weighted by Crippen LogP contribution is 2.40. The Kier molecular flexibility index (Phi) is 7.36. The number of carbonyl (C=O) groups excluding carboxylic acids is 1. The molecule has 1 aliphatic heterocycles. The summed E-state index contributed by atoms with van der Waals surface area (Å²) in [4.78, 5) is 36.5. The quantitative estimate of drug-likeness (QED) is 0.453. The Morgan fingerprint density at radius 1 is 1.31 bits per heavy atom. The highest BCUT2D eigenvalue weighted by molar-refractivity contribution is 5.93. The number of H-pyrrole nitrogens is 1. The minimum atomic E-state index is -3.05. The first-order valence-electron chi connectivity index (χ1n) is 11.2. The first kappa shape index (κ1) is 25.3. The van der Waals surface area contributed by atoms with Gasteiger partial charge in [-0.3, -0.25) is 14.5 Å². The number of likely N-dealkylation sites (tertiary alicyclic amines) is 1. The number of amides is 1. The van der Waals surface area contributed by atoms with E-state index in [1.54, 1.807) is 17.9 Å². The van der Waals surface area contributed by atoms with Crippen molar-refractivity contribution in [3.05, 3.63) is 76.2 Å². The molecule has 1 amide bonds. The number of rotatable bonds is 7. The highest BCUT2D eigenvalue weighted by Gasteiger charge is 2.46. The summed E-state index contributed by atoms with van der Waals surface area (Å²) in [6, 6.07) is 6.15. The predicted molar refractivity (Wildman–Crippen MR) is 123 cm³/mol. The molecule has 3 N–H and O–H groups in total. The maximum atomic E-state index is 14.8. The third kappa shape index (κ3) is 5.71. The number of anilines is 1. The van der Waals surface area contributed by atoms with Gasteiger partial charge in [0.2, 0.25) is 11.8 Å². The lowest BCUT2D eigenvalue weighted by atomic mass is 9.86. The third-order valence-corrected chi connectivity index (χ3v) is 6.07. The Balaban J connectivity index is 1.40. The summed E-state index contributed by atoms with van der Waals surface area (Å²) in [5.41, 5.74) is -0.350. The summed E-state index contributed by atoms with van der Waals surface area (Å²) in [7, 11) is 0. The van der Waals surface area contributed by atoms with Gasteiger partial charge in [0.05, 0.1) is 31.0 Å². The van der Waals surface area contributed by atoms with Gasteiger partial charge >= 0.3 is 0 Å². The van der Waals surface area contributed by atoms with E-state index < -0.39 is 48.2 Å². The number of hydrogen-bond acceptors (Lipinski definition) is 7. The molecule has 4 heterocycles. The van der Waals surface area contributed by atoms with E-state index in [4.69, 9.17) is 4.74 Å². The molecule has 2 atom stereocenters. The van der Waals surface area contributed by atoms with E-state index in [-0.39, 0.29) is 35.9 Å². The molecule has 0 radical (unpaired) electrons. The molecular formula is C24H24F3N5O4. The number of nitrogens with one attached hydrogen (secondary N) is 2. The molecule has 0 spiro atoms. The van der Waals surface area contributed by atoms with E-state index in [2.05, 4.69) is 20.3 Å². The number of hydrogen-bond donors (Lipinski definition) is 3. The fraction of sp³-hybridized carbons (Fsp3) is 0.333. The molecule has 12 heteroatoms. The van der Waals surface area contributed by atoms with Crippen LogP contribution in [0.1, 0.15) is 30.4 Å². The van der Waals surface area contributed by atoms with Gasteiger partial charge in [-0.1, -0.05) is 0 Å². The molecule has 0 saturated carbocycles. The number of alkyl halides is 2. The molecule has 1 fully saturated rings. The van der Waals surface area contributed by atoms with Crippen LogP contribution < -0.4 is 15.6 Å². The summed E-state index contributed by atoms with van der Waals surface area (Å²) in [6.45, 7) is 0.920. The topological polar surface area (TPSA) is 120 Å². The standard InChI is InChI=1S/C24H24F3N5O4/c1-14(22(34)31-20-4-3-18(11-28-20)36-21-5-2-17(25)10-29-21)32-7-6-24(26,27)19(12-32)15-8-16(13-33)23(35)30-9-15/h2-5,8-11,14,19,33H,6-7,12-13H2,1H3,(H,30,35)(H,28,31,34)/t14-,19+/m0/s1.